The number of nitrogens with zero attached hydrogens (tertiary/aromatic N) is 2. The highest BCUT2D eigenvalue weighted by Gasteiger charge is 2.43. The van der Waals surface area contributed by atoms with E-state index in [9.17, 15) is 29.3 Å². The number of carbonyl (C=O) groups is 4. The number of hydrogen-bond acceptors (Lipinski definition) is 8. The van der Waals surface area contributed by atoms with E-state index >= 15 is 0 Å². The van der Waals surface area contributed by atoms with Crippen molar-refractivity contribution in [2.45, 2.75) is 44.7 Å². The maximum Gasteiger partial charge on any atom is 0.329 e. The molecule has 0 saturated carbocycles. The van der Waals surface area contributed by atoms with E-state index in [0.29, 0.717) is 31.5 Å². The third-order valence-electron chi connectivity index (χ3n) is 5.27. The van der Waals surface area contributed by atoms with Gasteiger partial charge in [-0.1, -0.05) is 6.92 Å². The molecule has 0 radical (unpaired) electrons. The van der Waals surface area contributed by atoms with Crippen molar-refractivity contribution < 1.29 is 28.8 Å². The van der Waals surface area contributed by atoms with E-state index in [0.717, 1.165) is 0 Å². The molecule has 1 saturated heterocycles. The fourth-order valence-electron chi connectivity index (χ4n) is 3.32. The molecule has 1 aliphatic heterocycles. The minimum absolute atomic E-state index is 0.123. The number of amides is 3. The Morgan fingerprint density at radius 1 is 1.25 bits per heavy atom. The number of ether oxygens (including phenoxy) is 1. The minimum Gasteiger partial charge on any atom is -0.454 e. The van der Waals surface area contributed by atoms with Crippen LogP contribution < -0.4 is 16.4 Å². The van der Waals surface area contributed by atoms with Gasteiger partial charge in [0.25, 0.3) is 11.6 Å². The maximum atomic E-state index is 13.1. The molecule has 3 amide bonds. The van der Waals surface area contributed by atoms with Crippen molar-refractivity contribution in [1.29, 1.82) is 0 Å². The van der Waals surface area contributed by atoms with Crippen LogP contribution in [0, 0.1) is 10.1 Å². The van der Waals surface area contributed by atoms with Gasteiger partial charge in [-0.05, 0) is 38.3 Å². The van der Waals surface area contributed by atoms with Crippen LogP contribution in [0.4, 0.5) is 11.4 Å². The quantitative estimate of drug-likeness (QED) is 0.274. The van der Waals surface area contributed by atoms with E-state index in [2.05, 4.69) is 10.6 Å². The van der Waals surface area contributed by atoms with Crippen LogP contribution in [0.15, 0.2) is 24.3 Å². The number of anilines is 1. The number of benzene rings is 1. The van der Waals surface area contributed by atoms with Gasteiger partial charge < -0.3 is 26.0 Å². The normalized spacial score (nSPS) is 17.2. The maximum absolute atomic E-state index is 13.1. The topological polar surface area (TPSA) is 174 Å². The zero-order valence-electron chi connectivity index (χ0n) is 18.0. The van der Waals surface area contributed by atoms with Crippen LogP contribution in [0.1, 0.15) is 33.1 Å². The molecular formula is C20H27N5O7. The molecule has 0 aromatic heterocycles. The number of nitro benzene ring substituents is 1. The van der Waals surface area contributed by atoms with Crippen LogP contribution in [-0.2, 0) is 23.9 Å². The Hall–Kier alpha value is -3.54. The average molecular weight is 449 g/mol. The summed E-state index contributed by atoms with van der Waals surface area (Å²) in [6, 6.07) is 4.32. The Bertz CT molecular complexity index is 889. The van der Waals surface area contributed by atoms with Crippen LogP contribution in [0.25, 0.3) is 0 Å². The van der Waals surface area contributed by atoms with Crippen LogP contribution >= 0.6 is 0 Å². The first kappa shape index (κ1) is 24.7. The van der Waals surface area contributed by atoms with Crippen molar-refractivity contribution in [3.8, 4) is 0 Å². The first-order valence-electron chi connectivity index (χ1n) is 10.1. The molecule has 1 aromatic rings. The highest BCUT2D eigenvalue weighted by atomic mass is 16.6. The Balaban J connectivity index is 1.95. The summed E-state index contributed by atoms with van der Waals surface area (Å²) in [6.45, 7) is 2.78. The molecule has 174 valence electrons. The van der Waals surface area contributed by atoms with Crippen molar-refractivity contribution >= 4 is 35.1 Å². The highest BCUT2D eigenvalue weighted by Crippen LogP contribution is 2.24. The lowest BCUT2D eigenvalue weighted by Gasteiger charge is -2.34. The lowest BCUT2D eigenvalue weighted by atomic mass is 9.96. The Morgan fingerprint density at radius 3 is 2.47 bits per heavy atom. The number of rotatable bonds is 9. The zero-order valence-corrected chi connectivity index (χ0v) is 18.0. The third kappa shape index (κ3) is 6.00. The van der Waals surface area contributed by atoms with Crippen molar-refractivity contribution in [3.05, 3.63) is 34.4 Å². The van der Waals surface area contributed by atoms with Crippen LogP contribution in [0.3, 0.4) is 0 Å². The van der Waals surface area contributed by atoms with Gasteiger partial charge in [0.2, 0.25) is 11.8 Å². The van der Waals surface area contributed by atoms with E-state index < -0.39 is 46.8 Å². The molecule has 2 rings (SSSR count). The Morgan fingerprint density at radius 2 is 1.91 bits per heavy atom. The van der Waals surface area contributed by atoms with Gasteiger partial charge in [-0.3, -0.25) is 24.5 Å². The Kier molecular flexibility index (Phi) is 8.24. The fourth-order valence-corrected chi connectivity index (χ4v) is 3.32. The Labute approximate surface area is 184 Å². The van der Waals surface area contributed by atoms with Crippen molar-refractivity contribution in [2.24, 2.45) is 5.73 Å². The van der Waals surface area contributed by atoms with Crippen LogP contribution in [0.5, 0.6) is 0 Å². The van der Waals surface area contributed by atoms with E-state index in [1.54, 1.807) is 13.8 Å². The molecule has 1 heterocycles. The molecule has 0 unspecified atom stereocenters. The minimum atomic E-state index is -1.22. The third-order valence-corrected chi connectivity index (χ3v) is 5.27. The number of nitrogens with two attached hydrogens (primary N) is 1. The summed E-state index contributed by atoms with van der Waals surface area (Å²) >= 11 is 0. The molecule has 1 aromatic carbocycles. The van der Waals surface area contributed by atoms with Gasteiger partial charge in [-0.2, -0.15) is 0 Å². The first-order valence-corrected chi connectivity index (χ1v) is 10.1. The van der Waals surface area contributed by atoms with E-state index in [1.807, 2.05) is 0 Å². The van der Waals surface area contributed by atoms with Crippen molar-refractivity contribution in [2.75, 3.05) is 25.0 Å². The van der Waals surface area contributed by atoms with Gasteiger partial charge in [0.1, 0.15) is 11.6 Å². The molecule has 1 fully saturated rings. The molecule has 0 bridgehead atoms. The summed E-state index contributed by atoms with van der Waals surface area (Å²) in [5.41, 5.74) is 4.30. The second-order valence-corrected chi connectivity index (χ2v) is 7.55. The lowest BCUT2D eigenvalue weighted by molar-refractivity contribution is -0.384. The lowest BCUT2D eigenvalue weighted by Crippen LogP contribution is -2.60. The fraction of sp³-hybridized carbons (Fsp3) is 0.500. The summed E-state index contributed by atoms with van der Waals surface area (Å²) < 4.78 is 5.09. The van der Waals surface area contributed by atoms with Gasteiger partial charge in [0.05, 0.1) is 11.5 Å². The van der Waals surface area contributed by atoms with Gasteiger partial charge in [-0.15, -0.1) is 0 Å². The number of esters is 1. The predicted molar refractivity (Wildman–Crippen MR) is 113 cm³/mol. The second kappa shape index (κ2) is 10.7. The molecule has 0 aliphatic carbocycles. The molecular weight excluding hydrogens is 422 g/mol. The van der Waals surface area contributed by atoms with Crippen LogP contribution in [0.2, 0.25) is 0 Å². The SMILES string of the molecule is CC[C@](C)(NC(=O)CN)C(=O)N1CCC[C@H]1C(=O)OCC(=O)Nc1ccc([N+](=O)[O-])cc1. The van der Waals surface area contributed by atoms with E-state index in [1.165, 1.54) is 29.2 Å². The number of carbonyl (C=O) groups excluding carboxylic acids is 4. The predicted octanol–water partition coefficient (Wildman–Crippen LogP) is 0.311. The summed E-state index contributed by atoms with van der Waals surface area (Å²) in [5, 5.41) is 15.7. The standard InChI is InChI=1S/C20H27N5O7/c1-3-20(2,23-16(26)11-21)19(29)24-10-4-5-15(24)18(28)32-12-17(27)22-13-6-8-14(9-7-13)25(30)31/h6-9,15H,3-5,10-12,21H2,1-2H3,(H,22,27)(H,23,26)/t15-,20-/m0/s1. The molecule has 12 nitrogen and oxygen atoms in total. The number of nitro groups is 1. The van der Waals surface area contributed by atoms with Crippen LogP contribution in [-0.4, -0.2) is 64.8 Å². The molecule has 1 aliphatic rings. The molecule has 2 atom stereocenters. The van der Waals surface area contributed by atoms with Gasteiger partial charge in [-0.25, -0.2) is 4.79 Å². The number of hydrogen-bond donors (Lipinski definition) is 3. The molecule has 0 spiro atoms. The number of nitrogens with one attached hydrogen (secondary N) is 2. The molecule has 4 N–H and O–H groups in total. The van der Waals surface area contributed by atoms with E-state index in [4.69, 9.17) is 10.5 Å². The summed E-state index contributed by atoms with van der Waals surface area (Å²) in [4.78, 5) is 60.9. The monoisotopic (exact) mass is 449 g/mol. The smallest absolute Gasteiger partial charge is 0.329 e. The van der Waals surface area contributed by atoms with Crippen molar-refractivity contribution in [1.82, 2.24) is 10.2 Å². The summed E-state index contributed by atoms with van der Waals surface area (Å²) in [7, 11) is 0. The summed E-state index contributed by atoms with van der Waals surface area (Å²) in [6.07, 6.45) is 1.25. The zero-order chi connectivity index (χ0) is 23.9. The number of likely N-dealkylation sites (tertiary alicyclic amines) is 1. The summed E-state index contributed by atoms with van der Waals surface area (Å²) in [5.74, 6) is -2.25. The van der Waals surface area contributed by atoms with Crippen molar-refractivity contribution in [3.63, 3.8) is 0 Å². The van der Waals surface area contributed by atoms with Gasteiger partial charge in [0.15, 0.2) is 6.61 Å². The van der Waals surface area contributed by atoms with Gasteiger partial charge >= 0.3 is 5.97 Å². The largest absolute Gasteiger partial charge is 0.454 e. The second-order valence-electron chi connectivity index (χ2n) is 7.55. The molecule has 12 heteroatoms. The highest BCUT2D eigenvalue weighted by molar-refractivity contribution is 5.96. The number of non-ortho nitro benzene ring substituents is 1. The van der Waals surface area contributed by atoms with Gasteiger partial charge in [0, 0.05) is 24.4 Å². The average Bonchev–Trinajstić information content (AvgIpc) is 3.27. The van der Waals surface area contributed by atoms with E-state index in [-0.39, 0.29) is 12.2 Å². The first-order chi connectivity index (χ1) is 15.1. The molecule has 32 heavy (non-hydrogen) atoms.